The predicted octanol–water partition coefficient (Wildman–Crippen LogP) is 7.94. The fraction of sp³-hybridized carbons (Fsp3) is 0.138. The third-order valence-corrected chi connectivity index (χ3v) is 5.33. The number of rotatable bonds is 7. The molecule has 0 aliphatic heterocycles. The van der Waals surface area contributed by atoms with Crippen LogP contribution in [0.4, 0.5) is 4.79 Å². The molecule has 0 radical (unpaired) electrons. The summed E-state index contributed by atoms with van der Waals surface area (Å²) >= 11 is 0. The van der Waals surface area contributed by atoms with E-state index in [1.807, 2.05) is 97.1 Å². The van der Waals surface area contributed by atoms with Crippen molar-refractivity contribution in [2.75, 3.05) is 0 Å². The summed E-state index contributed by atoms with van der Waals surface area (Å²) in [6.07, 6.45) is 2.23. The Hall–Kier alpha value is -3.85. The lowest BCUT2D eigenvalue weighted by Crippen LogP contribution is -2.15. The topological polar surface area (TPSA) is 35.5 Å². The van der Waals surface area contributed by atoms with Crippen molar-refractivity contribution in [1.82, 2.24) is 0 Å². The monoisotopic (exact) mass is 422 g/mol. The molecule has 0 atom stereocenters. The minimum atomic E-state index is -0.739. The van der Waals surface area contributed by atoms with Crippen molar-refractivity contribution in [3.05, 3.63) is 109 Å². The highest BCUT2D eigenvalue weighted by atomic mass is 16.7. The average molecular weight is 423 g/mol. The first kappa shape index (κ1) is 21.4. The number of carbonyl (C=O) groups excluding carboxylic acids is 1. The smallest absolute Gasteiger partial charge is 0.394 e. The summed E-state index contributed by atoms with van der Waals surface area (Å²) in [6, 6.07) is 33.4. The number of unbranched alkanes of at least 4 members (excludes halogenated alkanes) is 1. The van der Waals surface area contributed by atoms with E-state index in [0.29, 0.717) is 11.5 Å². The van der Waals surface area contributed by atoms with Crippen LogP contribution >= 0.6 is 0 Å². The second-order valence-corrected chi connectivity index (χ2v) is 7.58. The molecular weight excluding hydrogens is 396 g/mol. The average Bonchev–Trinajstić information content (AvgIpc) is 2.84. The van der Waals surface area contributed by atoms with Crippen molar-refractivity contribution >= 4 is 6.16 Å². The summed E-state index contributed by atoms with van der Waals surface area (Å²) in [4.78, 5) is 12.8. The lowest BCUT2D eigenvalue weighted by molar-refractivity contribution is 0.151. The quantitative estimate of drug-likeness (QED) is 0.224. The molecule has 0 fully saturated rings. The van der Waals surface area contributed by atoms with E-state index in [1.54, 1.807) is 6.07 Å². The van der Waals surface area contributed by atoms with Crippen molar-refractivity contribution in [3.8, 4) is 33.8 Å². The van der Waals surface area contributed by atoms with Crippen LogP contribution in [-0.2, 0) is 6.42 Å². The van der Waals surface area contributed by atoms with Gasteiger partial charge in [-0.1, -0.05) is 104 Å². The molecule has 0 amide bonds. The van der Waals surface area contributed by atoms with E-state index >= 15 is 0 Å². The number of hydrogen-bond acceptors (Lipinski definition) is 3. The standard InChI is InChI=1S/C29H26O3/c1-2-3-13-23-16-10-11-20-26(23)31-29(30)32-27-21-12-19-25(22-14-6-4-7-15-22)28(27)24-17-8-5-9-18-24/h4-12,14-21H,2-3,13H2,1H3. The Kier molecular flexibility index (Phi) is 6.98. The normalized spacial score (nSPS) is 10.5. The van der Waals surface area contributed by atoms with Gasteiger partial charge in [0.15, 0.2) is 0 Å². The molecule has 0 N–H and O–H groups in total. The second kappa shape index (κ2) is 10.5. The molecule has 0 aliphatic rings. The van der Waals surface area contributed by atoms with Gasteiger partial charge in [-0.2, -0.15) is 0 Å². The fourth-order valence-electron chi connectivity index (χ4n) is 3.75. The van der Waals surface area contributed by atoms with E-state index in [9.17, 15) is 4.79 Å². The van der Waals surface area contributed by atoms with Crippen molar-refractivity contribution in [2.24, 2.45) is 0 Å². The van der Waals surface area contributed by atoms with Gasteiger partial charge in [0.25, 0.3) is 0 Å². The minimum absolute atomic E-state index is 0.466. The van der Waals surface area contributed by atoms with Gasteiger partial charge >= 0.3 is 6.16 Å². The Morgan fingerprint density at radius 3 is 1.97 bits per heavy atom. The van der Waals surface area contributed by atoms with Crippen molar-refractivity contribution in [1.29, 1.82) is 0 Å². The van der Waals surface area contributed by atoms with Gasteiger partial charge in [0, 0.05) is 5.56 Å². The third-order valence-electron chi connectivity index (χ3n) is 5.33. The van der Waals surface area contributed by atoms with E-state index in [1.165, 1.54) is 0 Å². The first-order valence-electron chi connectivity index (χ1n) is 11.0. The Labute approximate surface area is 189 Å². The molecule has 160 valence electrons. The predicted molar refractivity (Wildman–Crippen MR) is 129 cm³/mol. The lowest BCUT2D eigenvalue weighted by atomic mass is 9.94. The first-order valence-corrected chi connectivity index (χ1v) is 11.0. The van der Waals surface area contributed by atoms with Gasteiger partial charge in [0.05, 0.1) is 0 Å². The van der Waals surface area contributed by atoms with Crippen molar-refractivity contribution in [3.63, 3.8) is 0 Å². The van der Waals surface area contributed by atoms with Crippen LogP contribution in [0.2, 0.25) is 0 Å². The number of para-hydroxylation sites is 1. The molecule has 4 aromatic carbocycles. The van der Waals surface area contributed by atoms with Crippen LogP contribution in [0.3, 0.4) is 0 Å². The van der Waals surface area contributed by atoms with Gasteiger partial charge in [-0.15, -0.1) is 0 Å². The zero-order chi connectivity index (χ0) is 22.2. The number of ether oxygens (including phenoxy) is 2. The summed E-state index contributed by atoms with van der Waals surface area (Å²) in [6.45, 7) is 2.14. The highest BCUT2D eigenvalue weighted by molar-refractivity contribution is 5.89. The third kappa shape index (κ3) is 5.06. The first-order chi connectivity index (χ1) is 15.8. The molecule has 0 bridgehead atoms. The number of benzene rings is 4. The van der Waals surface area contributed by atoms with E-state index in [-0.39, 0.29) is 0 Å². The van der Waals surface area contributed by atoms with Crippen molar-refractivity contribution < 1.29 is 14.3 Å². The summed E-state index contributed by atoms with van der Waals surface area (Å²) < 4.78 is 11.4. The van der Waals surface area contributed by atoms with Crippen molar-refractivity contribution in [2.45, 2.75) is 26.2 Å². The molecule has 0 saturated carbocycles. The van der Waals surface area contributed by atoms with Gasteiger partial charge in [-0.25, -0.2) is 4.79 Å². The lowest BCUT2D eigenvalue weighted by Gasteiger charge is -2.16. The maximum absolute atomic E-state index is 12.8. The number of carbonyl (C=O) groups is 1. The van der Waals surface area contributed by atoms with Crippen LogP contribution in [0.25, 0.3) is 22.3 Å². The van der Waals surface area contributed by atoms with E-state index in [2.05, 4.69) is 6.92 Å². The largest absolute Gasteiger partial charge is 0.519 e. The number of hydrogen-bond donors (Lipinski definition) is 0. The van der Waals surface area contributed by atoms with Crippen LogP contribution in [-0.4, -0.2) is 6.16 Å². The molecule has 0 spiro atoms. The van der Waals surface area contributed by atoms with Gasteiger partial charge in [0.1, 0.15) is 11.5 Å². The highest BCUT2D eigenvalue weighted by Gasteiger charge is 2.18. The van der Waals surface area contributed by atoms with E-state index < -0.39 is 6.16 Å². The zero-order valence-electron chi connectivity index (χ0n) is 18.2. The van der Waals surface area contributed by atoms with Crippen LogP contribution in [0.15, 0.2) is 103 Å². The Morgan fingerprint density at radius 1 is 0.656 bits per heavy atom. The molecule has 0 aliphatic carbocycles. The molecule has 3 nitrogen and oxygen atoms in total. The molecule has 32 heavy (non-hydrogen) atoms. The molecule has 3 heteroatoms. The Bertz CT molecular complexity index is 1170. The minimum Gasteiger partial charge on any atom is -0.394 e. The molecule has 0 aromatic heterocycles. The van der Waals surface area contributed by atoms with E-state index in [4.69, 9.17) is 9.47 Å². The Morgan fingerprint density at radius 2 is 1.25 bits per heavy atom. The molecule has 0 saturated heterocycles. The Balaban J connectivity index is 1.67. The SMILES string of the molecule is CCCCc1ccccc1OC(=O)Oc1cccc(-c2ccccc2)c1-c1ccccc1. The summed E-state index contributed by atoms with van der Waals surface area (Å²) in [7, 11) is 0. The van der Waals surface area contributed by atoms with Crippen LogP contribution in [0.5, 0.6) is 11.5 Å². The molecule has 0 unspecified atom stereocenters. The van der Waals surface area contributed by atoms with Gasteiger partial charge in [0.2, 0.25) is 0 Å². The van der Waals surface area contributed by atoms with Gasteiger partial charge < -0.3 is 9.47 Å². The second-order valence-electron chi connectivity index (χ2n) is 7.58. The molecule has 4 aromatic rings. The molecule has 4 rings (SSSR count). The summed E-state index contributed by atoms with van der Waals surface area (Å²) in [5, 5.41) is 0. The maximum Gasteiger partial charge on any atom is 0.519 e. The van der Waals surface area contributed by atoms with Crippen LogP contribution < -0.4 is 9.47 Å². The molecule has 0 heterocycles. The van der Waals surface area contributed by atoms with Gasteiger partial charge in [-0.3, -0.25) is 0 Å². The fourth-order valence-corrected chi connectivity index (χ4v) is 3.75. The highest BCUT2D eigenvalue weighted by Crippen LogP contribution is 2.39. The van der Waals surface area contributed by atoms with Crippen LogP contribution in [0, 0.1) is 0 Å². The zero-order valence-corrected chi connectivity index (χ0v) is 18.2. The summed E-state index contributed by atoms with van der Waals surface area (Å²) in [5.74, 6) is 1.01. The van der Waals surface area contributed by atoms with Gasteiger partial charge in [-0.05, 0) is 47.2 Å². The number of aryl methyl sites for hydroxylation is 1. The summed E-state index contributed by atoms with van der Waals surface area (Å²) in [5.41, 5.74) is 4.88. The van der Waals surface area contributed by atoms with Crippen LogP contribution in [0.1, 0.15) is 25.3 Å². The molecular formula is C29H26O3. The van der Waals surface area contributed by atoms with E-state index in [0.717, 1.165) is 47.1 Å². The maximum atomic E-state index is 12.8.